The molecule has 0 aromatic carbocycles. The van der Waals surface area contributed by atoms with Crippen LogP contribution < -0.4 is 0 Å². The fraction of sp³-hybridized carbons (Fsp3) is 0.800. The van der Waals surface area contributed by atoms with E-state index in [4.69, 9.17) is 4.74 Å². The molecule has 1 nitrogen and oxygen atoms in total. The average molecular weight is 152 g/mol. The topological polar surface area (TPSA) is 12.5 Å². The van der Waals surface area contributed by atoms with Gasteiger partial charge in [0.2, 0.25) is 0 Å². The first-order valence-corrected chi connectivity index (χ1v) is 4.60. The van der Waals surface area contributed by atoms with E-state index in [1.54, 1.807) is 0 Å². The zero-order chi connectivity index (χ0) is 7.90. The van der Waals surface area contributed by atoms with Gasteiger partial charge < -0.3 is 4.74 Å². The summed E-state index contributed by atoms with van der Waals surface area (Å²) >= 11 is 0. The fourth-order valence-corrected chi connectivity index (χ4v) is 2.39. The smallest absolute Gasteiger partial charge is 0.105 e. The van der Waals surface area contributed by atoms with Gasteiger partial charge in [0, 0.05) is 0 Å². The molecule has 62 valence electrons. The third kappa shape index (κ3) is 0.943. The summed E-state index contributed by atoms with van der Waals surface area (Å²) in [6.45, 7) is 6.09. The van der Waals surface area contributed by atoms with Crippen LogP contribution in [0.3, 0.4) is 0 Å². The molecule has 1 heterocycles. The fourth-order valence-electron chi connectivity index (χ4n) is 2.39. The SMILES string of the molecule is C=CC1OC12CCCCC2C. The Bertz CT molecular complexity index is 176. The van der Waals surface area contributed by atoms with Gasteiger partial charge >= 0.3 is 0 Å². The summed E-state index contributed by atoms with van der Waals surface area (Å²) in [5, 5.41) is 0. The summed E-state index contributed by atoms with van der Waals surface area (Å²) in [6, 6.07) is 0. The Morgan fingerprint density at radius 3 is 2.91 bits per heavy atom. The predicted molar refractivity (Wildman–Crippen MR) is 45.4 cm³/mol. The summed E-state index contributed by atoms with van der Waals surface area (Å²) in [5.74, 6) is 0.749. The van der Waals surface area contributed by atoms with Crippen LogP contribution >= 0.6 is 0 Å². The maximum atomic E-state index is 5.69. The minimum absolute atomic E-state index is 0.236. The summed E-state index contributed by atoms with van der Waals surface area (Å²) < 4.78 is 5.69. The molecule has 1 aliphatic heterocycles. The van der Waals surface area contributed by atoms with Crippen LogP contribution in [0.2, 0.25) is 0 Å². The number of ether oxygens (including phenoxy) is 1. The Morgan fingerprint density at radius 2 is 2.36 bits per heavy atom. The molecule has 1 saturated carbocycles. The lowest BCUT2D eigenvalue weighted by molar-refractivity contribution is 0.171. The largest absolute Gasteiger partial charge is 0.361 e. The molecule has 3 unspecified atom stereocenters. The van der Waals surface area contributed by atoms with Crippen molar-refractivity contribution >= 4 is 0 Å². The molecule has 0 aromatic heterocycles. The summed E-state index contributed by atoms with van der Waals surface area (Å²) in [5.41, 5.74) is 0.236. The van der Waals surface area contributed by atoms with E-state index in [-0.39, 0.29) is 5.60 Å². The minimum atomic E-state index is 0.236. The molecule has 1 saturated heterocycles. The second-order valence-electron chi connectivity index (χ2n) is 3.88. The summed E-state index contributed by atoms with van der Waals surface area (Å²) in [4.78, 5) is 0. The third-order valence-corrected chi connectivity index (χ3v) is 3.27. The molecular formula is C10H16O. The van der Waals surface area contributed by atoms with E-state index in [2.05, 4.69) is 13.5 Å². The summed E-state index contributed by atoms with van der Waals surface area (Å²) in [6.07, 6.45) is 7.65. The standard InChI is InChI=1S/C10H16O/c1-3-9-10(11-9)7-5-4-6-8(10)2/h3,8-9H,1,4-7H2,2H3. The lowest BCUT2D eigenvalue weighted by Crippen LogP contribution is -2.27. The molecule has 1 spiro atoms. The van der Waals surface area contributed by atoms with Gasteiger partial charge in [0.15, 0.2) is 0 Å². The van der Waals surface area contributed by atoms with Crippen LogP contribution in [0.25, 0.3) is 0 Å². The van der Waals surface area contributed by atoms with E-state index in [0.29, 0.717) is 6.10 Å². The van der Waals surface area contributed by atoms with Gasteiger partial charge in [0.05, 0.1) is 0 Å². The molecule has 1 aliphatic carbocycles. The monoisotopic (exact) mass is 152 g/mol. The first-order valence-electron chi connectivity index (χ1n) is 4.60. The molecule has 2 aliphatic rings. The first kappa shape index (κ1) is 7.35. The van der Waals surface area contributed by atoms with Gasteiger partial charge in [0.1, 0.15) is 11.7 Å². The highest BCUT2D eigenvalue weighted by atomic mass is 16.6. The van der Waals surface area contributed by atoms with Crippen LogP contribution in [0.1, 0.15) is 32.6 Å². The Balaban J connectivity index is 2.07. The number of hydrogen-bond acceptors (Lipinski definition) is 1. The van der Waals surface area contributed by atoms with Crippen molar-refractivity contribution in [3.63, 3.8) is 0 Å². The van der Waals surface area contributed by atoms with Crippen molar-refractivity contribution in [2.24, 2.45) is 5.92 Å². The average Bonchev–Trinajstić information content (AvgIpc) is 2.72. The molecule has 3 atom stereocenters. The first-order chi connectivity index (χ1) is 5.29. The van der Waals surface area contributed by atoms with Crippen molar-refractivity contribution in [2.45, 2.75) is 44.3 Å². The molecule has 0 aromatic rings. The third-order valence-electron chi connectivity index (χ3n) is 3.27. The van der Waals surface area contributed by atoms with Gasteiger partial charge in [-0.1, -0.05) is 25.8 Å². The highest BCUT2D eigenvalue weighted by Gasteiger charge is 2.58. The van der Waals surface area contributed by atoms with Crippen LogP contribution in [0.4, 0.5) is 0 Å². The van der Waals surface area contributed by atoms with E-state index >= 15 is 0 Å². The van der Waals surface area contributed by atoms with Crippen LogP contribution in [0, 0.1) is 5.92 Å². The van der Waals surface area contributed by atoms with E-state index in [1.165, 1.54) is 25.7 Å². The Kier molecular flexibility index (Phi) is 1.57. The van der Waals surface area contributed by atoms with Gasteiger partial charge in [-0.15, -0.1) is 6.58 Å². The van der Waals surface area contributed by atoms with Crippen molar-refractivity contribution in [1.82, 2.24) is 0 Å². The molecule has 0 N–H and O–H groups in total. The van der Waals surface area contributed by atoms with Crippen molar-refractivity contribution in [1.29, 1.82) is 0 Å². The van der Waals surface area contributed by atoms with Crippen molar-refractivity contribution < 1.29 is 4.74 Å². The van der Waals surface area contributed by atoms with Crippen LogP contribution in [0.15, 0.2) is 12.7 Å². The van der Waals surface area contributed by atoms with Crippen molar-refractivity contribution in [3.8, 4) is 0 Å². The van der Waals surface area contributed by atoms with Gasteiger partial charge in [-0.2, -0.15) is 0 Å². The molecule has 2 rings (SSSR count). The Hall–Kier alpha value is -0.300. The maximum absolute atomic E-state index is 5.69. The molecule has 1 heteroatoms. The lowest BCUT2D eigenvalue weighted by Gasteiger charge is -2.25. The van der Waals surface area contributed by atoms with E-state index in [1.807, 2.05) is 6.08 Å². The minimum Gasteiger partial charge on any atom is -0.361 e. The highest BCUT2D eigenvalue weighted by molar-refractivity contribution is 5.14. The van der Waals surface area contributed by atoms with Gasteiger partial charge in [-0.05, 0) is 18.8 Å². The van der Waals surface area contributed by atoms with Crippen molar-refractivity contribution in [3.05, 3.63) is 12.7 Å². The predicted octanol–water partition coefficient (Wildman–Crippen LogP) is 2.52. The van der Waals surface area contributed by atoms with E-state index in [9.17, 15) is 0 Å². The molecular weight excluding hydrogens is 136 g/mol. The second kappa shape index (κ2) is 2.34. The summed E-state index contributed by atoms with van der Waals surface area (Å²) in [7, 11) is 0. The molecule has 0 radical (unpaired) electrons. The zero-order valence-electron chi connectivity index (χ0n) is 7.18. The highest BCUT2D eigenvalue weighted by Crippen LogP contribution is 2.51. The normalized spacial score (nSPS) is 49.2. The van der Waals surface area contributed by atoms with Crippen LogP contribution in [0.5, 0.6) is 0 Å². The van der Waals surface area contributed by atoms with E-state index < -0.39 is 0 Å². The number of rotatable bonds is 1. The lowest BCUT2D eigenvalue weighted by atomic mass is 9.78. The molecule has 11 heavy (non-hydrogen) atoms. The molecule has 0 bridgehead atoms. The maximum Gasteiger partial charge on any atom is 0.105 e. The number of hydrogen-bond donors (Lipinski definition) is 0. The van der Waals surface area contributed by atoms with Gasteiger partial charge in [0.25, 0.3) is 0 Å². The van der Waals surface area contributed by atoms with Crippen LogP contribution in [-0.4, -0.2) is 11.7 Å². The molecule has 0 amide bonds. The van der Waals surface area contributed by atoms with Crippen molar-refractivity contribution in [2.75, 3.05) is 0 Å². The second-order valence-corrected chi connectivity index (χ2v) is 3.88. The van der Waals surface area contributed by atoms with Gasteiger partial charge in [-0.25, -0.2) is 0 Å². The van der Waals surface area contributed by atoms with E-state index in [0.717, 1.165) is 5.92 Å². The Labute approximate surface area is 68.4 Å². The quantitative estimate of drug-likeness (QED) is 0.415. The van der Waals surface area contributed by atoms with Gasteiger partial charge in [-0.3, -0.25) is 0 Å². The Morgan fingerprint density at radius 1 is 1.55 bits per heavy atom. The number of epoxide rings is 1. The molecule has 2 fully saturated rings. The zero-order valence-corrected chi connectivity index (χ0v) is 7.18. The van der Waals surface area contributed by atoms with Crippen LogP contribution in [-0.2, 0) is 4.74 Å².